The molecule has 0 N–H and O–H groups in total. The van der Waals surface area contributed by atoms with Gasteiger partial charge in [0.05, 0.1) is 11.4 Å². The van der Waals surface area contributed by atoms with Crippen LogP contribution in [-0.2, 0) is 0 Å². The lowest BCUT2D eigenvalue weighted by Gasteiger charge is -2.10. The van der Waals surface area contributed by atoms with Gasteiger partial charge in [0.1, 0.15) is 22.3 Å². The Labute approximate surface area is 240 Å². The fourth-order valence-electron chi connectivity index (χ4n) is 6.17. The van der Waals surface area contributed by atoms with Crippen molar-refractivity contribution in [1.29, 1.82) is 0 Å². The number of para-hydroxylation sites is 1. The van der Waals surface area contributed by atoms with E-state index in [1.165, 1.54) is 5.39 Å². The highest BCUT2D eigenvalue weighted by Gasteiger charge is 2.23. The zero-order valence-corrected chi connectivity index (χ0v) is 22.4. The monoisotopic (exact) mass is 538 g/mol. The van der Waals surface area contributed by atoms with Gasteiger partial charge in [-0.1, -0.05) is 109 Å². The summed E-state index contributed by atoms with van der Waals surface area (Å²) >= 11 is 0. The van der Waals surface area contributed by atoms with Crippen LogP contribution in [0.5, 0.6) is 0 Å². The van der Waals surface area contributed by atoms with E-state index < -0.39 is 0 Å². The number of fused-ring (bicyclic) bond motifs is 9. The highest BCUT2D eigenvalue weighted by molar-refractivity contribution is 6.32. The average molecular weight is 539 g/mol. The Morgan fingerprint density at radius 1 is 0.429 bits per heavy atom. The first kappa shape index (κ1) is 23.0. The molecular formula is C38H22N2O2. The van der Waals surface area contributed by atoms with Crippen LogP contribution in [0.15, 0.2) is 142 Å². The van der Waals surface area contributed by atoms with E-state index in [-0.39, 0.29) is 0 Å². The Kier molecular flexibility index (Phi) is 4.87. The summed E-state index contributed by atoms with van der Waals surface area (Å²) in [4.78, 5) is 10.1. The number of rotatable bonds is 3. The minimum Gasteiger partial charge on any atom is -0.456 e. The van der Waals surface area contributed by atoms with Gasteiger partial charge in [0, 0.05) is 38.2 Å². The van der Waals surface area contributed by atoms with Crippen LogP contribution < -0.4 is 0 Å². The molecule has 0 spiro atoms. The van der Waals surface area contributed by atoms with Crippen molar-refractivity contribution in [2.24, 2.45) is 0 Å². The minimum absolute atomic E-state index is 0.659. The Morgan fingerprint density at radius 3 is 1.95 bits per heavy atom. The van der Waals surface area contributed by atoms with Crippen LogP contribution in [0.4, 0.5) is 0 Å². The first-order valence-corrected chi connectivity index (χ1v) is 14.0. The summed E-state index contributed by atoms with van der Waals surface area (Å²) < 4.78 is 13.3. The largest absolute Gasteiger partial charge is 0.456 e. The van der Waals surface area contributed by atoms with Gasteiger partial charge in [0.2, 0.25) is 0 Å². The van der Waals surface area contributed by atoms with Crippen molar-refractivity contribution >= 4 is 54.6 Å². The third-order valence-electron chi connectivity index (χ3n) is 8.08. The van der Waals surface area contributed by atoms with E-state index in [1.54, 1.807) is 0 Å². The lowest BCUT2D eigenvalue weighted by atomic mass is 9.97. The van der Waals surface area contributed by atoms with Crippen LogP contribution in [-0.4, -0.2) is 9.97 Å². The van der Waals surface area contributed by atoms with Crippen molar-refractivity contribution in [1.82, 2.24) is 9.97 Å². The summed E-state index contributed by atoms with van der Waals surface area (Å²) in [6.07, 6.45) is 0. The van der Waals surface area contributed by atoms with Gasteiger partial charge in [-0.3, -0.25) is 0 Å². The summed E-state index contributed by atoms with van der Waals surface area (Å²) in [5.74, 6) is 0.659. The Balaban J connectivity index is 1.43. The smallest absolute Gasteiger partial charge is 0.160 e. The second-order valence-electron chi connectivity index (χ2n) is 10.6. The van der Waals surface area contributed by atoms with E-state index in [0.29, 0.717) is 5.82 Å². The molecule has 9 aromatic rings. The molecule has 0 bridgehead atoms. The summed E-state index contributed by atoms with van der Waals surface area (Å²) in [6, 6.07) is 45.3. The van der Waals surface area contributed by atoms with Crippen LogP contribution in [0, 0.1) is 0 Å². The number of hydrogen-bond donors (Lipinski definition) is 0. The second-order valence-corrected chi connectivity index (χ2v) is 10.6. The number of furan rings is 2. The maximum absolute atomic E-state index is 6.67. The van der Waals surface area contributed by atoms with E-state index in [9.17, 15) is 0 Å². The van der Waals surface area contributed by atoms with Crippen LogP contribution in [0.2, 0.25) is 0 Å². The third kappa shape index (κ3) is 3.42. The molecule has 9 rings (SSSR count). The molecule has 0 aliphatic heterocycles. The maximum atomic E-state index is 6.67. The highest BCUT2D eigenvalue weighted by Crippen LogP contribution is 2.46. The zero-order valence-electron chi connectivity index (χ0n) is 22.4. The quantitative estimate of drug-likeness (QED) is 0.224. The lowest BCUT2D eigenvalue weighted by Crippen LogP contribution is -1.96. The number of benzene rings is 6. The normalized spacial score (nSPS) is 11.8. The number of nitrogens with zero attached hydrogens (tertiary/aromatic N) is 2. The van der Waals surface area contributed by atoms with E-state index in [2.05, 4.69) is 66.7 Å². The molecule has 0 amide bonds. The van der Waals surface area contributed by atoms with Crippen molar-refractivity contribution in [3.05, 3.63) is 133 Å². The molecule has 0 unspecified atom stereocenters. The fraction of sp³-hybridized carbons (Fsp3) is 0. The molecule has 6 aromatic carbocycles. The van der Waals surface area contributed by atoms with Crippen molar-refractivity contribution in [2.75, 3.05) is 0 Å². The maximum Gasteiger partial charge on any atom is 0.160 e. The van der Waals surface area contributed by atoms with E-state index in [4.69, 9.17) is 18.8 Å². The van der Waals surface area contributed by atoms with Gasteiger partial charge in [-0.05, 0) is 35.0 Å². The van der Waals surface area contributed by atoms with Crippen LogP contribution in [0.25, 0.3) is 88.6 Å². The van der Waals surface area contributed by atoms with E-state index in [1.807, 2.05) is 66.7 Å². The van der Waals surface area contributed by atoms with Gasteiger partial charge in [0.15, 0.2) is 5.82 Å². The number of hydrogen-bond acceptors (Lipinski definition) is 4. The molecule has 4 heteroatoms. The van der Waals surface area contributed by atoms with Gasteiger partial charge >= 0.3 is 0 Å². The summed E-state index contributed by atoms with van der Waals surface area (Å²) in [5.41, 5.74) is 7.74. The van der Waals surface area contributed by atoms with Crippen LogP contribution in [0.1, 0.15) is 0 Å². The molecule has 3 heterocycles. The average Bonchev–Trinajstić information content (AvgIpc) is 3.63. The van der Waals surface area contributed by atoms with Gasteiger partial charge < -0.3 is 8.83 Å². The molecule has 0 radical (unpaired) electrons. The van der Waals surface area contributed by atoms with Gasteiger partial charge in [-0.15, -0.1) is 0 Å². The predicted octanol–water partition coefficient (Wildman–Crippen LogP) is 10.4. The molecular weight excluding hydrogens is 516 g/mol. The Hall–Kier alpha value is -5.74. The van der Waals surface area contributed by atoms with Crippen LogP contribution in [0.3, 0.4) is 0 Å². The highest BCUT2D eigenvalue weighted by atomic mass is 16.3. The molecule has 4 nitrogen and oxygen atoms in total. The van der Waals surface area contributed by atoms with Crippen molar-refractivity contribution in [3.63, 3.8) is 0 Å². The number of aromatic nitrogens is 2. The molecule has 0 atom stereocenters. The van der Waals surface area contributed by atoms with Gasteiger partial charge in [-0.25, -0.2) is 9.97 Å². The van der Waals surface area contributed by atoms with Crippen molar-refractivity contribution in [2.45, 2.75) is 0 Å². The van der Waals surface area contributed by atoms with Crippen LogP contribution >= 0.6 is 0 Å². The molecule has 196 valence electrons. The summed E-state index contributed by atoms with van der Waals surface area (Å²) in [5, 5.41) is 6.58. The van der Waals surface area contributed by atoms with Gasteiger partial charge in [-0.2, -0.15) is 0 Å². The molecule has 0 aliphatic rings. The first-order chi connectivity index (χ1) is 20.8. The fourth-order valence-corrected chi connectivity index (χ4v) is 6.17. The molecule has 0 saturated carbocycles. The van der Waals surface area contributed by atoms with Gasteiger partial charge in [0.25, 0.3) is 0 Å². The molecule has 0 saturated heterocycles. The Morgan fingerprint density at radius 2 is 1.12 bits per heavy atom. The predicted molar refractivity (Wildman–Crippen MR) is 170 cm³/mol. The van der Waals surface area contributed by atoms with E-state index in [0.717, 1.165) is 77.3 Å². The molecule has 3 aromatic heterocycles. The molecule has 42 heavy (non-hydrogen) atoms. The third-order valence-corrected chi connectivity index (χ3v) is 8.08. The minimum atomic E-state index is 0.659. The second kappa shape index (κ2) is 8.88. The zero-order chi connectivity index (χ0) is 27.6. The topological polar surface area (TPSA) is 52.1 Å². The standard InChI is InChI=1S/C38H22N2O2/c1-3-12-24(13-4-1)29-22-30(40-38(39-29)25-14-5-2-6-15-25)28-21-33-36(35-27-17-9-10-18-31(27)42-37(28)35)34-26-16-8-7-11-23(26)19-20-32(34)41-33/h1-22H. The molecule has 0 aliphatic carbocycles. The van der Waals surface area contributed by atoms with Crippen molar-refractivity contribution < 1.29 is 8.83 Å². The lowest BCUT2D eigenvalue weighted by molar-refractivity contribution is 0.663. The Bertz CT molecular complexity index is 2400. The molecule has 0 fully saturated rings. The van der Waals surface area contributed by atoms with Crippen molar-refractivity contribution in [3.8, 4) is 33.9 Å². The summed E-state index contributed by atoms with van der Waals surface area (Å²) in [7, 11) is 0. The van der Waals surface area contributed by atoms with E-state index >= 15 is 0 Å². The SMILES string of the molecule is c1ccc(-c2cc(-c3cc4oc5ccc6ccccc6c5c4c4c3oc3ccccc34)nc(-c3ccccc3)n2)cc1. The summed E-state index contributed by atoms with van der Waals surface area (Å²) in [6.45, 7) is 0. The first-order valence-electron chi connectivity index (χ1n) is 14.0.